The molecule has 128 valence electrons. The van der Waals surface area contributed by atoms with Gasteiger partial charge in [-0.2, -0.15) is 4.31 Å². The molecule has 1 aromatic carbocycles. The van der Waals surface area contributed by atoms with Crippen LogP contribution in [0.3, 0.4) is 0 Å². The second-order valence-corrected chi connectivity index (χ2v) is 9.75. The normalized spacial score (nSPS) is 20.3. The van der Waals surface area contributed by atoms with Gasteiger partial charge in [0.25, 0.3) is 0 Å². The number of carbonyl (C=O) groups excluding carboxylic acids is 1. The molecule has 1 heterocycles. The first-order valence-electron chi connectivity index (χ1n) is 7.67. The average Bonchev–Trinajstić information content (AvgIpc) is 2.46. The predicted molar refractivity (Wildman–Crippen MR) is 93.5 cm³/mol. The van der Waals surface area contributed by atoms with Crippen molar-refractivity contribution in [1.82, 2.24) is 9.62 Å². The lowest BCUT2D eigenvalue weighted by atomic mass is 9.97. The molecule has 0 spiro atoms. The zero-order chi connectivity index (χ0) is 17.3. The maximum atomic E-state index is 12.7. The van der Waals surface area contributed by atoms with E-state index >= 15 is 0 Å². The van der Waals surface area contributed by atoms with Gasteiger partial charge in [-0.15, -0.1) is 0 Å². The maximum absolute atomic E-state index is 12.7. The second kappa shape index (κ2) is 6.91. The van der Waals surface area contributed by atoms with E-state index in [0.717, 1.165) is 4.47 Å². The standard InChI is InChI=1S/C16H23BrN2O3S/c1-16(2,3)18-15(20)12-5-4-10-19(11-12)23(21,22)14-8-6-13(17)7-9-14/h6-9,12H,4-5,10-11H2,1-3H3,(H,18,20)/t12-/m1/s1. The minimum absolute atomic E-state index is 0.0757. The Bertz CT molecular complexity index is 666. The van der Waals surface area contributed by atoms with Gasteiger partial charge in [0.05, 0.1) is 10.8 Å². The van der Waals surface area contributed by atoms with Gasteiger partial charge in [0.1, 0.15) is 0 Å². The number of benzene rings is 1. The minimum Gasteiger partial charge on any atom is -0.351 e. The van der Waals surface area contributed by atoms with Gasteiger partial charge in [0, 0.05) is 23.1 Å². The van der Waals surface area contributed by atoms with Crippen LogP contribution in [0.1, 0.15) is 33.6 Å². The summed E-state index contributed by atoms with van der Waals surface area (Å²) in [7, 11) is -3.56. The average molecular weight is 403 g/mol. The summed E-state index contributed by atoms with van der Waals surface area (Å²) < 4.78 is 27.7. The Labute approximate surface area is 146 Å². The Morgan fingerprint density at radius 2 is 1.87 bits per heavy atom. The van der Waals surface area contributed by atoms with Crippen molar-refractivity contribution in [3.8, 4) is 0 Å². The van der Waals surface area contributed by atoms with E-state index in [9.17, 15) is 13.2 Å². The number of hydrogen-bond acceptors (Lipinski definition) is 3. The summed E-state index contributed by atoms with van der Waals surface area (Å²) in [5, 5.41) is 2.94. The Morgan fingerprint density at radius 1 is 1.26 bits per heavy atom. The zero-order valence-electron chi connectivity index (χ0n) is 13.7. The van der Waals surface area contributed by atoms with Crippen molar-refractivity contribution in [2.75, 3.05) is 13.1 Å². The molecule has 1 N–H and O–H groups in total. The summed E-state index contributed by atoms with van der Waals surface area (Å²) >= 11 is 3.30. The number of hydrogen-bond donors (Lipinski definition) is 1. The van der Waals surface area contributed by atoms with Crippen molar-refractivity contribution in [3.63, 3.8) is 0 Å². The third kappa shape index (κ3) is 4.78. The van der Waals surface area contributed by atoms with Gasteiger partial charge >= 0.3 is 0 Å². The largest absolute Gasteiger partial charge is 0.351 e. The van der Waals surface area contributed by atoms with Gasteiger partial charge in [-0.1, -0.05) is 15.9 Å². The number of sulfonamides is 1. The molecule has 0 saturated carbocycles. The van der Waals surface area contributed by atoms with Crippen LogP contribution in [0.15, 0.2) is 33.6 Å². The predicted octanol–water partition coefficient (Wildman–Crippen LogP) is 2.76. The van der Waals surface area contributed by atoms with Crippen LogP contribution >= 0.6 is 15.9 Å². The summed E-state index contributed by atoms with van der Waals surface area (Å²) in [5.41, 5.74) is -0.316. The lowest BCUT2D eigenvalue weighted by Gasteiger charge is -2.33. The zero-order valence-corrected chi connectivity index (χ0v) is 16.1. The van der Waals surface area contributed by atoms with E-state index in [0.29, 0.717) is 19.4 Å². The highest BCUT2D eigenvalue weighted by Crippen LogP contribution is 2.25. The maximum Gasteiger partial charge on any atom is 0.243 e. The topological polar surface area (TPSA) is 66.5 Å². The molecule has 0 aliphatic carbocycles. The van der Waals surface area contributed by atoms with Crippen molar-refractivity contribution in [2.24, 2.45) is 5.92 Å². The van der Waals surface area contributed by atoms with E-state index in [1.807, 2.05) is 20.8 Å². The molecular formula is C16H23BrN2O3S. The lowest BCUT2D eigenvalue weighted by molar-refractivity contribution is -0.127. The molecule has 2 rings (SSSR count). The Kier molecular flexibility index (Phi) is 5.53. The van der Waals surface area contributed by atoms with E-state index in [1.54, 1.807) is 24.3 Å². The van der Waals surface area contributed by atoms with Crippen LogP contribution < -0.4 is 5.32 Å². The monoisotopic (exact) mass is 402 g/mol. The number of carbonyl (C=O) groups is 1. The van der Waals surface area contributed by atoms with Crippen LogP contribution in [0.5, 0.6) is 0 Å². The first kappa shape index (κ1) is 18.4. The number of rotatable bonds is 3. The van der Waals surface area contributed by atoms with E-state index in [1.165, 1.54) is 4.31 Å². The molecule has 0 unspecified atom stereocenters. The molecule has 7 heteroatoms. The number of nitrogens with one attached hydrogen (secondary N) is 1. The van der Waals surface area contributed by atoms with Crippen molar-refractivity contribution in [1.29, 1.82) is 0 Å². The summed E-state index contributed by atoms with van der Waals surface area (Å²) in [5.74, 6) is -0.374. The van der Waals surface area contributed by atoms with Gasteiger partial charge in [0.15, 0.2) is 0 Å². The Balaban J connectivity index is 2.14. The molecule has 1 amide bonds. The highest BCUT2D eigenvalue weighted by Gasteiger charge is 2.34. The van der Waals surface area contributed by atoms with Crippen molar-refractivity contribution >= 4 is 31.9 Å². The molecule has 0 bridgehead atoms. The summed E-state index contributed by atoms with van der Waals surface area (Å²) in [6, 6.07) is 6.58. The van der Waals surface area contributed by atoms with Crippen molar-refractivity contribution < 1.29 is 13.2 Å². The van der Waals surface area contributed by atoms with Crippen LogP contribution in [0.25, 0.3) is 0 Å². The Morgan fingerprint density at radius 3 is 2.43 bits per heavy atom. The molecule has 1 atom stereocenters. The van der Waals surface area contributed by atoms with Crippen LogP contribution in [0.4, 0.5) is 0 Å². The summed E-state index contributed by atoms with van der Waals surface area (Å²) in [6.07, 6.45) is 1.41. The quantitative estimate of drug-likeness (QED) is 0.844. The minimum atomic E-state index is -3.56. The molecule has 1 aromatic rings. The molecule has 1 saturated heterocycles. The molecule has 1 aliphatic heterocycles. The SMILES string of the molecule is CC(C)(C)NC(=O)[C@@H]1CCCN(S(=O)(=O)c2ccc(Br)cc2)C1. The number of nitrogens with zero attached hydrogens (tertiary/aromatic N) is 1. The Hall–Kier alpha value is -0.920. The first-order valence-corrected chi connectivity index (χ1v) is 9.91. The van der Waals surface area contributed by atoms with E-state index in [-0.39, 0.29) is 28.8 Å². The molecule has 23 heavy (non-hydrogen) atoms. The van der Waals surface area contributed by atoms with Crippen molar-refractivity contribution in [3.05, 3.63) is 28.7 Å². The van der Waals surface area contributed by atoms with Crippen LogP contribution in [0, 0.1) is 5.92 Å². The van der Waals surface area contributed by atoms with E-state index in [2.05, 4.69) is 21.2 Å². The molecular weight excluding hydrogens is 380 g/mol. The summed E-state index contributed by atoms with van der Waals surface area (Å²) in [4.78, 5) is 12.6. The molecule has 0 aromatic heterocycles. The van der Waals surface area contributed by atoms with E-state index < -0.39 is 10.0 Å². The lowest BCUT2D eigenvalue weighted by Crippen LogP contribution is -2.49. The third-order valence-electron chi connectivity index (χ3n) is 3.70. The smallest absolute Gasteiger partial charge is 0.243 e. The second-order valence-electron chi connectivity index (χ2n) is 6.90. The number of amides is 1. The molecule has 5 nitrogen and oxygen atoms in total. The first-order chi connectivity index (χ1) is 10.6. The fourth-order valence-corrected chi connectivity index (χ4v) is 4.39. The van der Waals surface area contributed by atoms with Crippen LogP contribution in [0.2, 0.25) is 0 Å². The van der Waals surface area contributed by atoms with Gasteiger partial charge in [0.2, 0.25) is 15.9 Å². The fraction of sp³-hybridized carbons (Fsp3) is 0.562. The van der Waals surface area contributed by atoms with Crippen LogP contribution in [-0.2, 0) is 14.8 Å². The number of halogens is 1. The van der Waals surface area contributed by atoms with Crippen molar-refractivity contribution in [2.45, 2.75) is 44.0 Å². The highest BCUT2D eigenvalue weighted by molar-refractivity contribution is 9.10. The number of piperidine rings is 1. The van der Waals surface area contributed by atoms with Gasteiger partial charge in [-0.25, -0.2) is 8.42 Å². The fourth-order valence-electron chi connectivity index (χ4n) is 2.60. The van der Waals surface area contributed by atoms with Gasteiger partial charge < -0.3 is 5.32 Å². The van der Waals surface area contributed by atoms with Gasteiger partial charge in [-0.05, 0) is 57.9 Å². The molecule has 0 radical (unpaired) electrons. The molecule has 1 aliphatic rings. The molecule has 1 fully saturated rings. The summed E-state index contributed by atoms with van der Waals surface area (Å²) in [6.45, 7) is 6.45. The van der Waals surface area contributed by atoms with Crippen LogP contribution in [-0.4, -0.2) is 37.3 Å². The highest BCUT2D eigenvalue weighted by atomic mass is 79.9. The third-order valence-corrected chi connectivity index (χ3v) is 6.11. The van der Waals surface area contributed by atoms with Gasteiger partial charge in [-0.3, -0.25) is 4.79 Å². The van der Waals surface area contributed by atoms with E-state index in [4.69, 9.17) is 0 Å².